The van der Waals surface area contributed by atoms with Gasteiger partial charge in [-0.05, 0) is 37.3 Å². The third-order valence-corrected chi connectivity index (χ3v) is 5.90. The van der Waals surface area contributed by atoms with E-state index in [0.29, 0.717) is 30.5 Å². The first-order valence-electron chi connectivity index (χ1n) is 9.33. The van der Waals surface area contributed by atoms with Gasteiger partial charge in [0.05, 0.1) is 13.2 Å². The van der Waals surface area contributed by atoms with E-state index in [-0.39, 0.29) is 18.0 Å². The lowest BCUT2D eigenvalue weighted by Gasteiger charge is -2.27. The number of aromatic nitrogens is 1. The van der Waals surface area contributed by atoms with Crippen LogP contribution in [-0.2, 0) is 12.8 Å². The van der Waals surface area contributed by atoms with Crippen molar-refractivity contribution in [3.8, 4) is 5.88 Å². The smallest absolute Gasteiger partial charge is 0.319 e. The molecule has 2 fully saturated rings. The highest BCUT2D eigenvalue weighted by molar-refractivity contribution is 5.97. The quantitative estimate of drug-likeness (QED) is 0.802. The number of hydrogen-bond donors (Lipinski definition) is 0. The number of nitrogens with zero attached hydrogens (tertiary/aromatic N) is 4. The Hall–Kier alpha value is -2.31. The number of aryl methyl sites for hydroxylation is 2. The maximum atomic E-state index is 13.2. The van der Waals surface area contributed by atoms with Gasteiger partial charge in [-0.2, -0.15) is 0 Å². The van der Waals surface area contributed by atoms with Crippen LogP contribution in [0.15, 0.2) is 6.07 Å². The molecular weight excluding hydrogens is 332 g/mol. The zero-order valence-corrected chi connectivity index (χ0v) is 15.7. The van der Waals surface area contributed by atoms with Crippen molar-refractivity contribution in [1.82, 2.24) is 19.7 Å². The van der Waals surface area contributed by atoms with Gasteiger partial charge in [-0.3, -0.25) is 4.79 Å². The van der Waals surface area contributed by atoms with Crippen LogP contribution in [0.5, 0.6) is 5.88 Å². The van der Waals surface area contributed by atoms with E-state index in [9.17, 15) is 9.59 Å². The molecule has 4 rings (SSSR count). The Balaban J connectivity index is 1.55. The maximum Gasteiger partial charge on any atom is 0.319 e. The molecule has 1 aromatic rings. The van der Waals surface area contributed by atoms with Crippen molar-refractivity contribution in [2.75, 3.05) is 40.8 Å². The summed E-state index contributed by atoms with van der Waals surface area (Å²) in [6, 6.07) is 2.11. The maximum absolute atomic E-state index is 13.2. The number of rotatable bonds is 2. The molecule has 7 heteroatoms. The monoisotopic (exact) mass is 358 g/mol. The van der Waals surface area contributed by atoms with Gasteiger partial charge < -0.3 is 19.4 Å². The van der Waals surface area contributed by atoms with Gasteiger partial charge in [0.25, 0.3) is 5.91 Å². The molecule has 7 nitrogen and oxygen atoms in total. The molecule has 0 aromatic carbocycles. The summed E-state index contributed by atoms with van der Waals surface area (Å²) in [4.78, 5) is 35.5. The lowest BCUT2D eigenvalue weighted by molar-refractivity contribution is 0.0767. The van der Waals surface area contributed by atoms with Crippen LogP contribution in [0, 0.1) is 5.92 Å². The molecule has 0 unspecified atom stereocenters. The third-order valence-electron chi connectivity index (χ3n) is 5.90. The summed E-state index contributed by atoms with van der Waals surface area (Å²) >= 11 is 0. The van der Waals surface area contributed by atoms with Gasteiger partial charge in [-0.25, -0.2) is 9.78 Å². The lowest BCUT2D eigenvalue weighted by Crippen LogP contribution is -2.45. The van der Waals surface area contributed by atoms with Gasteiger partial charge in [-0.1, -0.05) is 0 Å². The van der Waals surface area contributed by atoms with E-state index in [1.54, 1.807) is 26.1 Å². The first kappa shape index (κ1) is 17.1. The van der Waals surface area contributed by atoms with Gasteiger partial charge in [-0.15, -0.1) is 0 Å². The minimum absolute atomic E-state index is 0.0311. The van der Waals surface area contributed by atoms with E-state index < -0.39 is 0 Å². The molecule has 3 amide bonds. The number of fused-ring (bicyclic) bond motifs is 2. The number of pyridine rings is 1. The van der Waals surface area contributed by atoms with E-state index in [0.717, 1.165) is 43.5 Å². The number of carbonyl (C=O) groups excluding carboxylic acids is 2. The van der Waals surface area contributed by atoms with Crippen molar-refractivity contribution in [1.29, 1.82) is 0 Å². The van der Waals surface area contributed by atoms with E-state index in [1.165, 1.54) is 0 Å². The molecule has 0 bridgehead atoms. The van der Waals surface area contributed by atoms with Crippen LogP contribution < -0.4 is 4.74 Å². The van der Waals surface area contributed by atoms with E-state index in [4.69, 9.17) is 4.74 Å². The predicted molar refractivity (Wildman–Crippen MR) is 96.4 cm³/mol. The molecule has 0 saturated carbocycles. The molecule has 140 valence electrons. The standard InChI is InChI=1S/C19H26N4O3/c1-21(2)19(25)23-8-7-13-10-22(11-16(13)23)18(24)14-9-12-5-4-6-15(12)20-17(14)26-3/h9,13,16H,4-8,10-11H2,1-3H3/t13-,16+/m1/s1. The highest BCUT2D eigenvalue weighted by Gasteiger charge is 2.45. The Morgan fingerprint density at radius 1 is 1.27 bits per heavy atom. The van der Waals surface area contributed by atoms with Crippen molar-refractivity contribution in [2.24, 2.45) is 5.92 Å². The van der Waals surface area contributed by atoms with Gasteiger partial charge in [0.1, 0.15) is 5.56 Å². The molecule has 0 N–H and O–H groups in total. The molecule has 1 aromatic heterocycles. The summed E-state index contributed by atoms with van der Waals surface area (Å²) in [5, 5.41) is 0. The summed E-state index contributed by atoms with van der Waals surface area (Å²) in [7, 11) is 5.11. The van der Waals surface area contributed by atoms with E-state index in [2.05, 4.69) is 4.98 Å². The molecule has 3 aliphatic rings. The summed E-state index contributed by atoms with van der Waals surface area (Å²) in [5.41, 5.74) is 2.77. The highest BCUT2D eigenvalue weighted by Crippen LogP contribution is 2.34. The SMILES string of the molecule is COc1nc2c(cc1C(=O)N1C[C@H]3CCN(C(=O)N(C)C)[C@H]3C1)CCC2. The van der Waals surface area contributed by atoms with Gasteiger partial charge in [0, 0.05) is 45.3 Å². The largest absolute Gasteiger partial charge is 0.480 e. The van der Waals surface area contributed by atoms with Crippen LogP contribution in [-0.4, -0.2) is 78.5 Å². The normalized spacial score (nSPS) is 23.8. The van der Waals surface area contributed by atoms with Gasteiger partial charge in [0.15, 0.2) is 0 Å². The number of ether oxygens (including phenoxy) is 1. The van der Waals surface area contributed by atoms with Crippen molar-refractivity contribution < 1.29 is 14.3 Å². The molecule has 26 heavy (non-hydrogen) atoms. The number of methoxy groups -OCH3 is 1. The van der Waals surface area contributed by atoms with Gasteiger partial charge >= 0.3 is 6.03 Å². The fourth-order valence-electron chi connectivity index (χ4n) is 4.55. The average molecular weight is 358 g/mol. The first-order valence-corrected chi connectivity index (χ1v) is 9.33. The number of amides is 3. The number of urea groups is 1. The second-order valence-electron chi connectivity index (χ2n) is 7.70. The minimum atomic E-state index is -0.0318. The van der Waals surface area contributed by atoms with Crippen molar-refractivity contribution in [3.63, 3.8) is 0 Å². The zero-order chi connectivity index (χ0) is 18.4. The summed E-state index contributed by atoms with van der Waals surface area (Å²) in [5.74, 6) is 0.751. The number of likely N-dealkylation sites (tertiary alicyclic amines) is 2. The predicted octanol–water partition coefficient (Wildman–Crippen LogP) is 1.41. The van der Waals surface area contributed by atoms with E-state index in [1.807, 2.05) is 15.9 Å². The van der Waals surface area contributed by atoms with Crippen molar-refractivity contribution in [2.45, 2.75) is 31.7 Å². The second kappa shape index (κ2) is 6.45. The van der Waals surface area contributed by atoms with Crippen LogP contribution >= 0.6 is 0 Å². The Morgan fingerprint density at radius 3 is 2.81 bits per heavy atom. The Morgan fingerprint density at radius 2 is 2.08 bits per heavy atom. The van der Waals surface area contributed by atoms with E-state index >= 15 is 0 Å². The van der Waals surface area contributed by atoms with Crippen molar-refractivity contribution >= 4 is 11.9 Å². The van der Waals surface area contributed by atoms with Crippen LogP contribution in [0.2, 0.25) is 0 Å². The van der Waals surface area contributed by atoms with Crippen molar-refractivity contribution in [3.05, 3.63) is 22.9 Å². The molecule has 1 aliphatic carbocycles. The summed E-state index contributed by atoms with van der Waals surface area (Å²) in [6.45, 7) is 2.06. The molecule has 0 radical (unpaired) electrons. The first-order chi connectivity index (χ1) is 12.5. The highest BCUT2D eigenvalue weighted by atomic mass is 16.5. The lowest BCUT2D eigenvalue weighted by atomic mass is 10.1. The Bertz CT molecular complexity index is 749. The zero-order valence-electron chi connectivity index (χ0n) is 15.7. The minimum Gasteiger partial charge on any atom is -0.480 e. The van der Waals surface area contributed by atoms with Gasteiger partial charge in [0.2, 0.25) is 5.88 Å². The molecule has 2 aliphatic heterocycles. The van der Waals surface area contributed by atoms with Crippen LogP contribution in [0.25, 0.3) is 0 Å². The molecule has 3 heterocycles. The second-order valence-corrected chi connectivity index (χ2v) is 7.70. The molecular formula is C19H26N4O3. The fraction of sp³-hybridized carbons (Fsp3) is 0.632. The van der Waals surface area contributed by atoms with Crippen LogP contribution in [0.3, 0.4) is 0 Å². The van der Waals surface area contributed by atoms with Crippen LogP contribution in [0.4, 0.5) is 4.79 Å². The molecule has 0 spiro atoms. The Labute approximate surface area is 153 Å². The number of carbonyl (C=O) groups is 2. The third kappa shape index (κ3) is 2.70. The topological polar surface area (TPSA) is 66.0 Å². The molecule has 2 saturated heterocycles. The number of hydrogen-bond acceptors (Lipinski definition) is 4. The average Bonchev–Trinajstić information content (AvgIpc) is 3.33. The summed E-state index contributed by atoms with van der Waals surface area (Å²) in [6.07, 6.45) is 3.96. The fourth-order valence-corrected chi connectivity index (χ4v) is 4.55. The van der Waals surface area contributed by atoms with Crippen LogP contribution in [0.1, 0.15) is 34.5 Å². The summed E-state index contributed by atoms with van der Waals surface area (Å²) < 4.78 is 5.41. The molecule has 2 atom stereocenters. The Kier molecular flexibility index (Phi) is 4.25.